The molecular formula is C12H20N4O. The maximum atomic E-state index is 11.6. The Kier molecular flexibility index (Phi) is 4.14. The largest absolute Gasteiger partial charge is 0.336 e. The van der Waals surface area contributed by atoms with E-state index in [2.05, 4.69) is 22.1 Å². The molecule has 0 bridgehead atoms. The number of hydrogen-bond donors (Lipinski definition) is 1. The van der Waals surface area contributed by atoms with Gasteiger partial charge in [0.25, 0.3) is 0 Å². The molecule has 1 aromatic heterocycles. The number of rotatable bonds is 3. The molecule has 0 saturated carbocycles. The van der Waals surface area contributed by atoms with Crippen molar-refractivity contribution in [1.29, 1.82) is 0 Å². The maximum Gasteiger partial charge on any atom is 0.326 e. The lowest BCUT2D eigenvalue weighted by Crippen LogP contribution is -2.40. The van der Waals surface area contributed by atoms with Gasteiger partial charge in [0.15, 0.2) is 0 Å². The normalized spacial score (nSPS) is 18.2. The predicted octanol–water partition coefficient (Wildman–Crippen LogP) is 1.17. The first-order chi connectivity index (χ1) is 8.25. The summed E-state index contributed by atoms with van der Waals surface area (Å²) in [4.78, 5) is 17.8. The molecule has 0 atom stereocenters. The summed E-state index contributed by atoms with van der Waals surface area (Å²) in [5.41, 5.74) is 0. The zero-order chi connectivity index (χ0) is 12.1. The van der Waals surface area contributed by atoms with Crippen molar-refractivity contribution in [1.82, 2.24) is 19.8 Å². The fourth-order valence-corrected chi connectivity index (χ4v) is 2.08. The highest BCUT2D eigenvalue weighted by Crippen LogP contribution is 2.14. The molecule has 0 unspecified atom stereocenters. The zero-order valence-electron chi connectivity index (χ0n) is 10.3. The number of likely N-dealkylation sites (tertiary alicyclic amines) is 1. The van der Waals surface area contributed by atoms with Crippen LogP contribution in [0.5, 0.6) is 0 Å². The number of nitrogens with zero attached hydrogens (tertiary/aromatic N) is 3. The van der Waals surface area contributed by atoms with Crippen molar-refractivity contribution < 1.29 is 4.79 Å². The topological polar surface area (TPSA) is 50.2 Å². The van der Waals surface area contributed by atoms with Crippen LogP contribution in [0.4, 0.5) is 4.79 Å². The predicted molar refractivity (Wildman–Crippen MR) is 65.9 cm³/mol. The standard InChI is InChI=1S/C12H20N4O/c1-11-2-6-15(7-3-11)8-5-14-12(17)16-9-4-13-10-16/h4,9-11H,2-3,5-8H2,1H3,(H,14,17). The van der Waals surface area contributed by atoms with E-state index >= 15 is 0 Å². The molecule has 2 heterocycles. The Labute approximate surface area is 102 Å². The van der Waals surface area contributed by atoms with E-state index in [0.29, 0.717) is 6.54 Å². The molecule has 94 valence electrons. The smallest absolute Gasteiger partial charge is 0.326 e. The number of aromatic nitrogens is 2. The Balaban J connectivity index is 1.64. The molecule has 5 nitrogen and oxygen atoms in total. The van der Waals surface area contributed by atoms with Gasteiger partial charge in [0.05, 0.1) is 0 Å². The second-order valence-electron chi connectivity index (χ2n) is 4.73. The van der Waals surface area contributed by atoms with E-state index in [1.165, 1.54) is 23.7 Å². The van der Waals surface area contributed by atoms with Gasteiger partial charge in [0.1, 0.15) is 6.33 Å². The quantitative estimate of drug-likeness (QED) is 0.857. The van der Waals surface area contributed by atoms with Crippen LogP contribution in [0, 0.1) is 5.92 Å². The Morgan fingerprint density at radius 2 is 2.24 bits per heavy atom. The van der Waals surface area contributed by atoms with Crippen molar-refractivity contribution >= 4 is 6.03 Å². The van der Waals surface area contributed by atoms with E-state index in [1.54, 1.807) is 12.4 Å². The molecule has 1 aliphatic heterocycles. The molecule has 1 aliphatic rings. The highest BCUT2D eigenvalue weighted by molar-refractivity contribution is 5.76. The molecule has 1 saturated heterocycles. The maximum absolute atomic E-state index is 11.6. The minimum Gasteiger partial charge on any atom is -0.336 e. The van der Waals surface area contributed by atoms with E-state index < -0.39 is 0 Å². The Morgan fingerprint density at radius 3 is 2.88 bits per heavy atom. The average molecular weight is 236 g/mol. The van der Waals surface area contributed by atoms with Crippen molar-refractivity contribution in [2.24, 2.45) is 5.92 Å². The molecule has 0 aromatic carbocycles. The van der Waals surface area contributed by atoms with Crippen LogP contribution >= 0.6 is 0 Å². The van der Waals surface area contributed by atoms with Crippen LogP contribution in [-0.4, -0.2) is 46.7 Å². The van der Waals surface area contributed by atoms with Crippen LogP contribution in [-0.2, 0) is 0 Å². The van der Waals surface area contributed by atoms with Gasteiger partial charge in [-0.2, -0.15) is 0 Å². The van der Waals surface area contributed by atoms with Gasteiger partial charge in [-0.05, 0) is 31.8 Å². The van der Waals surface area contributed by atoms with E-state index in [0.717, 1.165) is 25.6 Å². The van der Waals surface area contributed by atoms with Crippen molar-refractivity contribution in [3.05, 3.63) is 18.7 Å². The summed E-state index contributed by atoms with van der Waals surface area (Å²) in [5, 5.41) is 2.89. The Bertz CT molecular complexity index is 341. The Hall–Kier alpha value is -1.36. The third-order valence-corrected chi connectivity index (χ3v) is 3.32. The van der Waals surface area contributed by atoms with Crippen molar-refractivity contribution in [3.63, 3.8) is 0 Å². The number of piperidine rings is 1. The van der Waals surface area contributed by atoms with Crippen LogP contribution in [0.25, 0.3) is 0 Å². The molecule has 0 spiro atoms. The van der Waals surface area contributed by atoms with Gasteiger partial charge < -0.3 is 10.2 Å². The number of nitrogens with one attached hydrogen (secondary N) is 1. The SMILES string of the molecule is CC1CCN(CCNC(=O)n2ccnc2)CC1. The van der Waals surface area contributed by atoms with Gasteiger partial charge in [0, 0.05) is 25.5 Å². The Morgan fingerprint density at radius 1 is 1.47 bits per heavy atom. The molecule has 5 heteroatoms. The van der Waals surface area contributed by atoms with E-state index in [-0.39, 0.29) is 6.03 Å². The molecule has 0 radical (unpaired) electrons. The second kappa shape index (κ2) is 5.82. The molecule has 1 fully saturated rings. The molecule has 0 aliphatic carbocycles. The summed E-state index contributed by atoms with van der Waals surface area (Å²) < 4.78 is 1.46. The fraction of sp³-hybridized carbons (Fsp3) is 0.667. The number of carbonyl (C=O) groups excluding carboxylic acids is 1. The average Bonchev–Trinajstić information content (AvgIpc) is 2.85. The van der Waals surface area contributed by atoms with Gasteiger partial charge >= 0.3 is 6.03 Å². The highest BCUT2D eigenvalue weighted by Gasteiger charge is 2.15. The van der Waals surface area contributed by atoms with Gasteiger partial charge in [-0.15, -0.1) is 0 Å². The van der Waals surface area contributed by atoms with E-state index in [9.17, 15) is 4.79 Å². The van der Waals surface area contributed by atoms with E-state index in [1.807, 2.05) is 0 Å². The minimum atomic E-state index is -0.104. The summed E-state index contributed by atoms with van der Waals surface area (Å²) in [5.74, 6) is 0.854. The number of imidazole rings is 1. The summed E-state index contributed by atoms with van der Waals surface area (Å²) in [6.45, 7) is 6.25. The zero-order valence-corrected chi connectivity index (χ0v) is 10.3. The molecule has 17 heavy (non-hydrogen) atoms. The first-order valence-electron chi connectivity index (χ1n) is 6.24. The van der Waals surface area contributed by atoms with Crippen LogP contribution in [0.1, 0.15) is 19.8 Å². The first kappa shape index (κ1) is 12.1. The van der Waals surface area contributed by atoms with Crippen molar-refractivity contribution in [3.8, 4) is 0 Å². The molecule has 1 N–H and O–H groups in total. The van der Waals surface area contributed by atoms with Gasteiger partial charge in [-0.1, -0.05) is 6.92 Å². The molecule has 1 amide bonds. The summed E-state index contributed by atoms with van der Waals surface area (Å²) in [6.07, 6.45) is 7.31. The fourth-order valence-electron chi connectivity index (χ4n) is 2.08. The lowest BCUT2D eigenvalue weighted by molar-refractivity contribution is 0.192. The third kappa shape index (κ3) is 3.56. The van der Waals surface area contributed by atoms with E-state index in [4.69, 9.17) is 0 Å². The van der Waals surface area contributed by atoms with Gasteiger partial charge in [0.2, 0.25) is 0 Å². The first-order valence-corrected chi connectivity index (χ1v) is 6.24. The molecular weight excluding hydrogens is 216 g/mol. The summed E-state index contributed by atoms with van der Waals surface area (Å²) in [7, 11) is 0. The van der Waals surface area contributed by atoms with Crippen LogP contribution < -0.4 is 5.32 Å². The van der Waals surface area contributed by atoms with Gasteiger partial charge in [-0.25, -0.2) is 9.78 Å². The minimum absolute atomic E-state index is 0.104. The second-order valence-corrected chi connectivity index (χ2v) is 4.73. The summed E-state index contributed by atoms with van der Waals surface area (Å²) in [6, 6.07) is -0.104. The number of carbonyl (C=O) groups is 1. The number of hydrogen-bond acceptors (Lipinski definition) is 3. The third-order valence-electron chi connectivity index (χ3n) is 3.32. The highest BCUT2D eigenvalue weighted by atomic mass is 16.2. The van der Waals surface area contributed by atoms with Gasteiger partial charge in [-0.3, -0.25) is 4.57 Å². The van der Waals surface area contributed by atoms with Crippen molar-refractivity contribution in [2.45, 2.75) is 19.8 Å². The van der Waals surface area contributed by atoms with Crippen LogP contribution in [0.3, 0.4) is 0 Å². The van der Waals surface area contributed by atoms with Crippen LogP contribution in [0.15, 0.2) is 18.7 Å². The molecule has 1 aromatic rings. The van der Waals surface area contributed by atoms with Crippen LogP contribution in [0.2, 0.25) is 0 Å². The monoisotopic (exact) mass is 236 g/mol. The number of amides is 1. The summed E-state index contributed by atoms with van der Waals surface area (Å²) >= 11 is 0. The van der Waals surface area contributed by atoms with Crippen molar-refractivity contribution in [2.75, 3.05) is 26.2 Å². The molecule has 2 rings (SSSR count). The lowest BCUT2D eigenvalue weighted by Gasteiger charge is -2.30. The lowest BCUT2D eigenvalue weighted by atomic mass is 9.99.